The molecule has 2 aromatic heterocycles. The van der Waals surface area contributed by atoms with E-state index in [1.807, 2.05) is 12.1 Å². The van der Waals surface area contributed by atoms with Crippen LogP contribution < -0.4 is 0 Å². The van der Waals surface area contributed by atoms with Crippen LogP contribution in [0.15, 0.2) is 12.1 Å². The van der Waals surface area contributed by atoms with Crippen LogP contribution in [0.25, 0.3) is 10.7 Å². The van der Waals surface area contributed by atoms with Crippen LogP contribution in [0.3, 0.4) is 0 Å². The Morgan fingerprint density at radius 2 is 2.31 bits per heavy atom. The van der Waals surface area contributed by atoms with Crippen LogP contribution in [0.4, 0.5) is 0 Å². The van der Waals surface area contributed by atoms with E-state index < -0.39 is 0 Å². The van der Waals surface area contributed by atoms with Crippen molar-refractivity contribution in [2.24, 2.45) is 0 Å². The van der Waals surface area contributed by atoms with Gasteiger partial charge in [0.05, 0.1) is 9.21 Å². The minimum absolute atomic E-state index is 0.519. The minimum atomic E-state index is 0.519. The third kappa shape index (κ3) is 1.57. The Hall–Kier alpha value is -0.870. The quantitative estimate of drug-likeness (QED) is 0.778. The molecule has 0 fully saturated rings. The van der Waals surface area contributed by atoms with Gasteiger partial charge in [-0.1, -0.05) is 18.5 Å². The molecule has 16 heavy (non-hydrogen) atoms. The van der Waals surface area contributed by atoms with Crippen molar-refractivity contribution in [1.29, 1.82) is 0 Å². The largest absolute Gasteiger partial charge is 0.310 e. The molecular weight excluding hydrogens is 242 g/mol. The first kappa shape index (κ1) is 10.3. The summed E-state index contributed by atoms with van der Waals surface area (Å²) in [6.45, 7) is 3.24. The fourth-order valence-electron chi connectivity index (χ4n) is 2.20. The molecule has 1 unspecified atom stereocenters. The van der Waals surface area contributed by atoms with E-state index in [1.165, 1.54) is 12.8 Å². The van der Waals surface area contributed by atoms with E-state index in [4.69, 9.17) is 11.6 Å². The molecule has 0 saturated carbocycles. The van der Waals surface area contributed by atoms with Crippen LogP contribution >= 0.6 is 22.9 Å². The molecule has 0 N–H and O–H groups in total. The third-order valence-corrected chi connectivity index (χ3v) is 4.26. The van der Waals surface area contributed by atoms with Gasteiger partial charge in [0.2, 0.25) is 0 Å². The first-order valence-corrected chi connectivity index (χ1v) is 6.64. The van der Waals surface area contributed by atoms with Crippen molar-refractivity contribution >= 4 is 22.9 Å². The fraction of sp³-hybridized carbons (Fsp3) is 0.455. The summed E-state index contributed by atoms with van der Waals surface area (Å²) in [5.41, 5.74) is 0. The van der Waals surface area contributed by atoms with Crippen LogP contribution in [-0.4, -0.2) is 14.8 Å². The molecule has 0 bridgehead atoms. The summed E-state index contributed by atoms with van der Waals surface area (Å²) in [5, 5.41) is 8.60. The Labute approximate surface area is 103 Å². The number of nitrogens with zero attached hydrogens (tertiary/aromatic N) is 3. The second-order valence-electron chi connectivity index (χ2n) is 4.18. The van der Waals surface area contributed by atoms with Crippen molar-refractivity contribution in [2.75, 3.05) is 0 Å². The molecule has 0 aliphatic carbocycles. The van der Waals surface area contributed by atoms with Crippen molar-refractivity contribution < 1.29 is 0 Å². The highest BCUT2D eigenvalue weighted by Crippen LogP contribution is 2.34. The first-order chi connectivity index (χ1) is 7.75. The van der Waals surface area contributed by atoms with Crippen LogP contribution in [0.5, 0.6) is 0 Å². The van der Waals surface area contributed by atoms with Gasteiger partial charge in [-0.2, -0.15) is 0 Å². The fourth-order valence-corrected chi connectivity index (χ4v) is 3.24. The summed E-state index contributed by atoms with van der Waals surface area (Å²) in [6.07, 6.45) is 2.42. The van der Waals surface area contributed by atoms with Gasteiger partial charge >= 0.3 is 0 Å². The molecule has 2 aromatic rings. The highest BCUT2D eigenvalue weighted by Gasteiger charge is 2.22. The summed E-state index contributed by atoms with van der Waals surface area (Å²) < 4.78 is 3.03. The maximum Gasteiger partial charge on any atom is 0.174 e. The molecule has 3 heterocycles. The lowest BCUT2D eigenvalue weighted by molar-refractivity contribution is 0.466. The smallest absolute Gasteiger partial charge is 0.174 e. The molecule has 84 valence electrons. The first-order valence-electron chi connectivity index (χ1n) is 5.44. The van der Waals surface area contributed by atoms with Gasteiger partial charge < -0.3 is 4.57 Å². The Bertz CT molecular complexity index is 517. The molecule has 3 rings (SSSR count). The lowest BCUT2D eigenvalue weighted by Gasteiger charge is -2.19. The molecule has 0 amide bonds. The van der Waals surface area contributed by atoms with Gasteiger partial charge in [0, 0.05) is 12.5 Å². The molecule has 0 aromatic carbocycles. The zero-order valence-electron chi connectivity index (χ0n) is 8.98. The number of hydrogen-bond acceptors (Lipinski definition) is 3. The number of halogens is 1. The highest BCUT2D eigenvalue weighted by molar-refractivity contribution is 7.19. The van der Waals surface area contributed by atoms with Crippen molar-refractivity contribution in [3.8, 4) is 10.7 Å². The number of thiophene rings is 1. The van der Waals surface area contributed by atoms with Crippen LogP contribution in [0, 0.1) is 0 Å². The molecule has 0 radical (unpaired) electrons. The van der Waals surface area contributed by atoms with Gasteiger partial charge in [0.15, 0.2) is 5.82 Å². The van der Waals surface area contributed by atoms with Gasteiger partial charge in [0.25, 0.3) is 0 Å². The molecule has 0 saturated heterocycles. The Balaban J connectivity index is 2.09. The van der Waals surface area contributed by atoms with Crippen LogP contribution in [0.1, 0.15) is 31.5 Å². The zero-order valence-corrected chi connectivity index (χ0v) is 10.6. The van der Waals surface area contributed by atoms with E-state index >= 15 is 0 Å². The third-order valence-electron chi connectivity index (χ3n) is 3.03. The van der Waals surface area contributed by atoms with Crippen LogP contribution in [0.2, 0.25) is 4.34 Å². The Kier molecular flexibility index (Phi) is 2.48. The predicted octanol–water partition coefficient (Wildman–Crippen LogP) is 3.56. The standard InChI is InChI=1S/C11H12ClN3S/c1-7-3-2-6-15-10(7)13-14-11(15)8-4-5-9(12)16-8/h4-5,7H,2-3,6H2,1H3. The van der Waals surface area contributed by atoms with E-state index in [0.717, 1.165) is 27.4 Å². The summed E-state index contributed by atoms with van der Waals surface area (Å²) in [4.78, 5) is 1.11. The Morgan fingerprint density at radius 3 is 3.06 bits per heavy atom. The Morgan fingerprint density at radius 1 is 1.44 bits per heavy atom. The van der Waals surface area contributed by atoms with Crippen molar-refractivity contribution in [3.05, 3.63) is 22.3 Å². The van der Waals surface area contributed by atoms with Gasteiger partial charge in [-0.3, -0.25) is 0 Å². The van der Waals surface area contributed by atoms with Gasteiger partial charge in [-0.15, -0.1) is 21.5 Å². The van der Waals surface area contributed by atoms with Gasteiger partial charge in [-0.25, -0.2) is 0 Å². The number of hydrogen-bond donors (Lipinski definition) is 0. The topological polar surface area (TPSA) is 30.7 Å². The van der Waals surface area contributed by atoms with Gasteiger partial charge in [-0.05, 0) is 25.0 Å². The van der Waals surface area contributed by atoms with Crippen molar-refractivity contribution in [3.63, 3.8) is 0 Å². The SMILES string of the molecule is CC1CCCn2c(-c3ccc(Cl)s3)nnc21. The predicted molar refractivity (Wildman–Crippen MR) is 66.0 cm³/mol. The van der Waals surface area contributed by atoms with E-state index in [2.05, 4.69) is 21.7 Å². The summed E-state index contributed by atoms with van der Waals surface area (Å²) in [5.74, 6) is 2.61. The summed E-state index contributed by atoms with van der Waals surface area (Å²) in [7, 11) is 0. The molecule has 1 aliphatic rings. The molecule has 3 nitrogen and oxygen atoms in total. The summed E-state index contributed by atoms with van der Waals surface area (Å²) >= 11 is 7.51. The highest BCUT2D eigenvalue weighted by atomic mass is 35.5. The molecular formula is C11H12ClN3S. The molecule has 5 heteroatoms. The monoisotopic (exact) mass is 253 g/mol. The maximum atomic E-state index is 5.95. The summed E-state index contributed by atoms with van der Waals surface area (Å²) in [6, 6.07) is 3.93. The van der Waals surface area contributed by atoms with E-state index in [9.17, 15) is 0 Å². The minimum Gasteiger partial charge on any atom is -0.310 e. The van der Waals surface area contributed by atoms with Crippen LogP contribution in [-0.2, 0) is 6.54 Å². The van der Waals surface area contributed by atoms with Crippen molar-refractivity contribution in [2.45, 2.75) is 32.2 Å². The second-order valence-corrected chi connectivity index (χ2v) is 5.90. The molecule has 0 spiro atoms. The lowest BCUT2D eigenvalue weighted by atomic mass is 10.0. The second kappa shape index (κ2) is 3.86. The van der Waals surface area contributed by atoms with E-state index in [-0.39, 0.29) is 0 Å². The van der Waals surface area contributed by atoms with Crippen molar-refractivity contribution in [1.82, 2.24) is 14.8 Å². The van der Waals surface area contributed by atoms with E-state index in [0.29, 0.717) is 5.92 Å². The van der Waals surface area contributed by atoms with Gasteiger partial charge in [0.1, 0.15) is 5.82 Å². The average Bonchev–Trinajstić information content (AvgIpc) is 2.84. The number of fused-ring (bicyclic) bond motifs is 1. The van der Waals surface area contributed by atoms with E-state index in [1.54, 1.807) is 11.3 Å². The molecule has 1 aliphatic heterocycles. The zero-order chi connectivity index (χ0) is 11.1. The molecule has 1 atom stereocenters. The lowest BCUT2D eigenvalue weighted by Crippen LogP contribution is -2.14. The maximum absolute atomic E-state index is 5.95. The average molecular weight is 254 g/mol. The number of aromatic nitrogens is 3. The number of rotatable bonds is 1. The normalized spacial score (nSPS) is 19.8.